The molecule has 0 aromatic carbocycles. The van der Waals surface area contributed by atoms with Gasteiger partial charge in [-0.05, 0) is 25.8 Å². The molecule has 12 unspecified atom stereocenters. The lowest BCUT2D eigenvalue weighted by Crippen LogP contribution is -2.67. The highest BCUT2D eigenvalue weighted by Gasteiger charge is 2.83. The van der Waals surface area contributed by atoms with Gasteiger partial charge in [-0.2, -0.15) is 0 Å². The molecule has 12 atom stereocenters. The van der Waals surface area contributed by atoms with Crippen molar-refractivity contribution in [3.8, 4) is 0 Å². The van der Waals surface area contributed by atoms with Crippen LogP contribution >= 0.6 is 0 Å². The molecule has 216 valence electrons. The normalized spacial score (nSPS) is 56.0. The second-order valence-electron chi connectivity index (χ2n) is 12.8. The minimum atomic E-state index is -1.54. The van der Waals surface area contributed by atoms with Crippen LogP contribution in [-0.2, 0) is 42.7 Å². The molecule has 8 aliphatic rings. The third-order valence-corrected chi connectivity index (χ3v) is 11.3. The number of ether oxygens (including phenoxy) is 7. The van der Waals surface area contributed by atoms with Gasteiger partial charge < -0.3 is 43.4 Å². The zero-order valence-electron chi connectivity index (χ0n) is 22.4. The summed E-state index contributed by atoms with van der Waals surface area (Å²) in [5, 5.41) is 21.3. The third-order valence-electron chi connectivity index (χ3n) is 11.3. The second kappa shape index (κ2) is 8.03. The first-order chi connectivity index (χ1) is 19.1. The van der Waals surface area contributed by atoms with Crippen molar-refractivity contribution in [1.29, 1.82) is 0 Å². The van der Waals surface area contributed by atoms with Crippen molar-refractivity contribution in [3.05, 3.63) is 36.0 Å². The van der Waals surface area contributed by atoms with Gasteiger partial charge in [0.1, 0.15) is 41.7 Å². The first kappa shape index (κ1) is 25.6. The van der Waals surface area contributed by atoms with Crippen LogP contribution in [0.2, 0.25) is 0 Å². The summed E-state index contributed by atoms with van der Waals surface area (Å²) in [5.41, 5.74) is -3.37. The predicted octanol–water partition coefficient (Wildman–Crippen LogP) is 0.615. The number of hydrogen-bond acceptors (Lipinski definition) is 11. The van der Waals surface area contributed by atoms with E-state index in [0.717, 1.165) is 6.42 Å². The first-order valence-corrected chi connectivity index (χ1v) is 14.2. The van der Waals surface area contributed by atoms with Crippen molar-refractivity contribution >= 4 is 11.9 Å². The molecule has 40 heavy (non-hydrogen) atoms. The summed E-state index contributed by atoms with van der Waals surface area (Å²) in [5.74, 6) is -1.07. The molecule has 0 radical (unpaired) electrons. The van der Waals surface area contributed by atoms with E-state index in [1.165, 1.54) is 17.7 Å². The van der Waals surface area contributed by atoms with E-state index in [-0.39, 0.29) is 25.4 Å². The van der Waals surface area contributed by atoms with E-state index in [1.807, 2.05) is 0 Å². The Morgan fingerprint density at radius 2 is 1.85 bits per heavy atom. The van der Waals surface area contributed by atoms with E-state index >= 15 is 0 Å². The van der Waals surface area contributed by atoms with Gasteiger partial charge in [0.15, 0.2) is 12.4 Å². The van der Waals surface area contributed by atoms with Crippen LogP contribution in [0.15, 0.2) is 36.0 Å². The lowest BCUT2D eigenvalue weighted by atomic mass is 9.51. The minimum absolute atomic E-state index is 0.0345. The van der Waals surface area contributed by atoms with Crippen LogP contribution in [0.5, 0.6) is 0 Å². The fraction of sp³-hybridized carbons (Fsp3) is 0.724. The second-order valence-corrected chi connectivity index (χ2v) is 12.8. The van der Waals surface area contributed by atoms with Crippen molar-refractivity contribution in [1.82, 2.24) is 0 Å². The van der Waals surface area contributed by atoms with Gasteiger partial charge in [0.25, 0.3) is 0 Å². The standard InChI is InChI=1S/C29H34O11/c1-15-6-8-26-13-34-23(33)21-28(40-21)9-10-35-27(20(31)22(32)39-24(27)28)7-4-3-5-19(30)38-16-12-18(37-17(26)11-15)29(14-36-29)25(16,26)2/h3-5,7,11,16-18,20-22,24,31-32H,6,8-10,12-14H2,1-2H3. The molecule has 6 aliphatic heterocycles. The summed E-state index contributed by atoms with van der Waals surface area (Å²) in [6.07, 6.45) is 4.33. The van der Waals surface area contributed by atoms with Crippen LogP contribution in [0.25, 0.3) is 0 Å². The maximum Gasteiger partial charge on any atom is 0.338 e. The van der Waals surface area contributed by atoms with Gasteiger partial charge in [0, 0.05) is 24.3 Å². The summed E-state index contributed by atoms with van der Waals surface area (Å²) < 4.78 is 42.8. The summed E-state index contributed by atoms with van der Waals surface area (Å²) in [7, 11) is 0. The number of epoxide rings is 2. The van der Waals surface area contributed by atoms with Crippen LogP contribution in [-0.4, -0.2) is 102 Å². The van der Waals surface area contributed by atoms with Crippen LogP contribution < -0.4 is 0 Å². The Kier molecular flexibility index (Phi) is 5.14. The van der Waals surface area contributed by atoms with Gasteiger partial charge in [-0.15, -0.1) is 0 Å². The molecule has 0 aromatic heterocycles. The maximum absolute atomic E-state index is 13.7. The molecule has 6 fully saturated rings. The number of aliphatic hydroxyl groups is 2. The third kappa shape index (κ3) is 2.94. The first-order valence-electron chi connectivity index (χ1n) is 14.2. The number of carbonyl (C=O) groups excluding carboxylic acids is 2. The van der Waals surface area contributed by atoms with Gasteiger partial charge in [-0.1, -0.05) is 30.7 Å². The summed E-state index contributed by atoms with van der Waals surface area (Å²) in [6, 6.07) is 0. The molecule has 3 spiro atoms. The zero-order chi connectivity index (χ0) is 27.7. The quantitative estimate of drug-likeness (QED) is 0.245. The van der Waals surface area contributed by atoms with Crippen molar-refractivity contribution in [2.24, 2.45) is 10.8 Å². The van der Waals surface area contributed by atoms with Gasteiger partial charge in [-0.25, -0.2) is 9.59 Å². The topological polar surface area (TPSA) is 146 Å². The van der Waals surface area contributed by atoms with Gasteiger partial charge >= 0.3 is 11.9 Å². The highest BCUT2D eigenvalue weighted by molar-refractivity contribution is 5.82. The molecule has 0 aromatic rings. The molecule has 2 N–H and O–H groups in total. The van der Waals surface area contributed by atoms with Crippen molar-refractivity contribution in [2.45, 2.75) is 99.2 Å². The van der Waals surface area contributed by atoms with Crippen molar-refractivity contribution < 1.29 is 53.0 Å². The van der Waals surface area contributed by atoms with Gasteiger partial charge in [0.05, 0.1) is 30.8 Å². The van der Waals surface area contributed by atoms with Crippen LogP contribution in [0.4, 0.5) is 0 Å². The Labute approximate surface area is 231 Å². The number of rotatable bonds is 0. The Morgan fingerprint density at radius 1 is 1.02 bits per heavy atom. The van der Waals surface area contributed by atoms with E-state index in [4.69, 9.17) is 33.2 Å². The fourth-order valence-corrected chi connectivity index (χ4v) is 8.86. The summed E-state index contributed by atoms with van der Waals surface area (Å²) >= 11 is 0. The summed E-state index contributed by atoms with van der Waals surface area (Å²) in [6.45, 7) is 4.85. The number of carbonyl (C=O) groups is 2. The fourth-order valence-electron chi connectivity index (χ4n) is 8.86. The molecule has 11 heteroatoms. The smallest absolute Gasteiger partial charge is 0.338 e. The molecule has 11 nitrogen and oxygen atoms in total. The van der Waals surface area contributed by atoms with E-state index in [0.29, 0.717) is 25.9 Å². The number of esters is 2. The lowest BCUT2D eigenvalue weighted by Gasteiger charge is -2.58. The average Bonchev–Trinajstić information content (AvgIpc) is 3.83. The van der Waals surface area contributed by atoms with Crippen molar-refractivity contribution in [3.63, 3.8) is 0 Å². The van der Waals surface area contributed by atoms with Crippen LogP contribution in [0, 0.1) is 10.8 Å². The highest BCUT2D eigenvalue weighted by Crippen LogP contribution is 2.72. The van der Waals surface area contributed by atoms with E-state index < -0.39 is 70.3 Å². The molecule has 6 heterocycles. The van der Waals surface area contributed by atoms with Crippen molar-refractivity contribution in [2.75, 3.05) is 19.8 Å². The Bertz CT molecular complexity index is 1250. The Morgan fingerprint density at radius 3 is 2.65 bits per heavy atom. The molecule has 0 amide bonds. The van der Waals surface area contributed by atoms with Gasteiger partial charge in [0.2, 0.25) is 0 Å². The number of hydrogen-bond donors (Lipinski definition) is 2. The monoisotopic (exact) mass is 558 g/mol. The number of cyclic esters (lactones) is 1. The number of allylic oxidation sites excluding steroid dienone is 3. The van der Waals surface area contributed by atoms with Crippen LogP contribution in [0.1, 0.15) is 39.5 Å². The van der Waals surface area contributed by atoms with E-state index in [2.05, 4.69) is 19.9 Å². The average molecular weight is 559 g/mol. The summed E-state index contributed by atoms with van der Waals surface area (Å²) in [4.78, 5) is 26.8. The van der Waals surface area contributed by atoms with E-state index in [1.54, 1.807) is 12.2 Å². The number of aliphatic hydroxyl groups excluding tert-OH is 2. The highest BCUT2D eigenvalue weighted by atomic mass is 16.7. The SMILES string of the molecule is CC1=CC2OC3CC4OC(=O)C=CC=CC56OCCC7(OC7C(=O)OCC2(CC1)C4(C)C31CO1)C5OC(O)C6O. The van der Waals surface area contributed by atoms with Crippen LogP contribution in [0.3, 0.4) is 0 Å². The molecular formula is C29H34O11. The van der Waals surface area contributed by atoms with Gasteiger partial charge in [-0.3, -0.25) is 0 Å². The predicted molar refractivity (Wildman–Crippen MR) is 132 cm³/mol. The van der Waals surface area contributed by atoms with E-state index in [9.17, 15) is 19.8 Å². The maximum atomic E-state index is 13.7. The lowest BCUT2D eigenvalue weighted by molar-refractivity contribution is -0.233. The Hall–Kier alpha value is -2.12. The minimum Gasteiger partial charge on any atom is -0.463 e. The molecule has 5 saturated heterocycles. The molecule has 4 bridgehead atoms. The Balaban J connectivity index is 1.22. The molecule has 1 saturated carbocycles. The molecular weight excluding hydrogens is 524 g/mol. The molecule has 2 aliphatic carbocycles. The zero-order valence-corrected chi connectivity index (χ0v) is 22.4. The largest absolute Gasteiger partial charge is 0.463 e. The molecule has 8 rings (SSSR count).